The number of amides is 1. The molecule has 2 saturated heterocycles. The summed E-state index contributed by atoms with van der Waals surface area (Å²) >= 11 is 0. The van der Waals surface area contributed by atoms with E-state index in [1.54, 1.807) is 11.0 Å². The number of fused-ring (bicyclic) bond motifs is 5. The smallest absolute Gasteiger partial charge is 0.410 e. The van der Waals surface area contributed by atoms with Crippen molar-refractivity contribution in [3.05, 3.63) is 89.2 Å². The van der Waals surface area contributed by atoms with Crippen molar-refractivity contribution in [2.24, 2.45) is 5.92 Å². The van der Waals surface area contributed by atoms with E-state index >= 15 is 0 Å². The van der Waals surface area contributed by atoms with Crippen molar-refractivity contribution in [3.8, 4) is 16.9 Å². The van der Waals surface area contributed by atoms with Crippen molar-refractivity contribution < 1.29 is 28.2 Å². The summed E-state index contributed by atoms with van der Waals surface area (Å²) in [5.41, 5.74) is 4.91. The van der Waals surface area contributed by atoms with Crippen LogP contribution in [0.15, 0.2) is 66.7 Å². The molecular formula is C30H28FNO5. The fraction of sp³-hybridized carbons (Fsp3) is 0.333. The van der Waals surface area contributed by atoms with Gasteiger partial charge in [-0.25, -0.2) is 9.18 Å². The van der Waals surface area contributed by atoms with Crippen LogP contribution >= 0.6 is 0 Å². The molecule has 2 atom stereocenters. The van der Waals surface area contributed by atoms with E-state index in [2.05, 4.69) is 24.3 Å². The average Bonchev–Trinajstić information content (AvgIpc) is 3.24. The Bertz CT molecular complexity index is 1300. The number of halogens is 1. The van der Waals surface area contributed by atoms with Crippen LogP contribution in [-0.2, 0) is 9.47 Å². The summed E-state index contributed by atoms with van der Waals surface area (Å²) in [6.07, 6.45) is 0.479. The Kier molecular flexibility index (Phi) is 6.16. The minimum Gasteiger partial charge on any atom is -0.493 e. The molecular weight excluding hydrogens is 473 g/mol. The molecule has 190 valence electrons. The van der Waals surface area contributed by atoms with Crippen LogP contribution in [0.1, 0.15) is 40.2 Å². The number of para-hydroxylation sites is 1. The number of Topliss-reactive ketones (excluding diaryl/α,β-unsaturated/α-hetero) is 1. The van der Waals surface area contributed by atoms with Gasteiger partial charge in [0.15, 0.2) is 17.3 Å². The third kappa shape index (κ3) is 4.07. The second kappa shape index (κ2) is 9.63. The molecule has 2 heterocycles. The van der Waals surface area contributed by atoms with Gasteiger partial charge < -0.3 is 14.2 Å². The van der Waals surface area contributed by atoms with E-state index in [0.717, 1.165) is 11.1 Å². The van der Waals surface area contributed by atoms with Gasteiger partial charge in [-0.1, -0.05) is 54.6 Å². The molecule has 1 aliphatic carbocycles. The lowest BCUT2D eigenvalue weighted by atomic mass is 9.80. The van der Waals surface area contributed by atoms with Crippen molar-refractivity contribution in [2.45, 2.75) is 30.8 Å². The first-order chi connectivity index (χ1) is 18.1. The second-order valence-corrected chi connectivity index (χ2v) is 9.91. The Labute approximate surface area is 214 Å². The van der Waals surface area contributed by atoms with Crippen LogP contribution in [0.2, 0.25) is 0 Å². The van der Waals surface area contributed by atoms with Crippen LogP contribution in [0.25, 0.3) is 11.1 Å². The van der Waals surface area contributed by atoms with E-state index in [9.17, 15) is 14.0 Å². The van der Waals surface area contributed by atoms with E-state index in [1.165, 1.54) is 30.4 Å². The number of ether oxygens (including phenoxy) is 3. The summed E-state index contributed by atoms with van der Waals surface area (Å²) < 4.78 is 31.0. The average molecular weight is 502 g/mol. The molecule has 7 heteroatoms. The van der Waals surface area contributed by atoms with Gasteiger partial charge in [0.05, 0.1) is 38.0 Å². The second-order valence-electron chi connectivity index (χ2n) is 9.91. The number of morpholine rings is 1. The predicted octanol–water partition coefficient (Wildman–Crippen LogP) is 5.45. The Hall–Kier alpha value is -3.71. The number of methoxy groups -OCH3 is 1. The topological polar surface area (TPSA) is 65.1 Å². The number of piperidine rings is 1. The third-order valence-electron chi connectivity index (χ3n) is 7.87. The lowest BCUT2D eigenvalue weighted by Crippen LogP contribution is -2.60. The van der Waals surface area contributed by atoms with Gasteiger partial charge in [-0.15, -0.1) is 0 Å². The van der Waals surface area contributed by atoms with E-state index < -0.39 is 5.82 Å². The first kappa shape index (κ1) is 23.7. The van der Waals surface area contributed by atoms with Crippen LogP contribution < -0.4 is 4.74 Å². The van der Waals surface area contributed by atoms with Gasteiger partial charge >= 0.3 is 6.09 Å². The number of rotatable bonds is 5. The summed E-state index contributed by atoms with van der Waals surface area (Å²) in [6.45, 7) is 0.919. The largest absolute Gasteiger partial charge is 0.493 e. The first-order valence-electron chi connectivity index (χ1n) is 12.6. The maximum Gasteiger partial charge on any atom is 0.410 e. The number of ketones is 1. The molecule has 3 aliphatic rings. The molecule has 2 bridgehead atoms. The summed E-state index contributed by atoms with van der Waals surface area (Å²) in [5.74, 6) is -1.14. The molecule has 0 spiro atoms. The van der Waals surface area contributed by atoms with E-state index in [0.29, 0.717) is 26.1 Å². The van der Waals surface area contributed by atoms with Gasteiger partial charge in [0.25, 0.3) is 0 Å². The quantitative estimate of drug-likeness (QED) is 0.436. The number of hydrogen-bond acceptors (Lipinski definition) is 5. The molecule has 2 fully saturated rings. The van der Waals surface area contributed by atoms with Gasteiger partial charge in [-0.05, 0) is 47.2 Å². The van der Waals surface area contributed by atoms with Crippen LogP contribution in [0.3, 0.4) is 0 Å². The molecule has 6 rings (SSSR count). The normalized spacial score (nSPS) is 22.2. The van der Waals surface area contributed by atoms with Gasteiger partial charge in [0.1, 0.15) is 6.61 Å². The zero-order chi connectivity index (χ0) is 25.5. The van der Waals surface area contributed by atoms with Crippen molar-refractivity contribution in [3.63, 3.8) is 0 Å². The lowest BCUT2D eigenvalue weighted by molar-refractivity contribution is -0.0748. The monoisotopic (exact) mass is 501 g/mol. The zero-order valence-corrected chi connectivity index (χ0v) is 20.6. The molecule has 3 aromatic carbocycles. The van der Waals surface area contributed by atoms with Gasteiger partial charge in [0, 0.05) is 11.8 Å². The van der Waals surface area contributed by atoms with Crippen LogP contribution in [0.4, 0.5) is 9.18 Å². The molecule has 2 aliphatic heterocycles. The van der Waals surface area contributed by atoms with Crippen molar-refractivity contribution in [1.29, 1.82) is 0 Å². The maximum absolute atomic E-state index is 14.2. The molecule has 3 aromatic rings. The lowest BCUT2D eigenvalue weighted by Gasteiger charge is -2.47. The fourth-order valence-corrected chi connectivity index (χ4v) is 6.23. The summed E-state index contributed by atoms with van der Waals surface area (Å²) in [4.78, 5) is 28.5. The van der Waals surface area contributed by atoms with Crippen LogP contribution in [0, 0.1) is 11.7 Å². The highest BCUT2D eigenvalue weighted by Gasteiger charge is 2.45. The number of carbonyl (C=O) groups is 2. The number of benzene rings is 3. The van der Waals surface area contributed by atoms with Gasteiger partial charge in [-0.3, -0.25) is 9.69 Å². The number of hydrogen-bond donors (Lipinski definition) is 0. The fourth-order valence-electron chi connectivity index (χ4n) is 6.23. The molecule has 37 heavy (non-hydrogen) atoms. The SMILES string of the molecule is COc1c(F)cccc1C(=O)C1CC2COCC(C1)N2C(=O)OCC1c2ccccc2-c2ccccc21. The molecule has 0 aromatic heterocycles. The van der Waals surface area contributed by atoms with E-state index in [1.807, 2.05) is 24.3 Å². The molecule has 0 N–H and O–H groups in total. The highest BCUT2D eigenvalue weighted by atomic mass is 19.1. The van der Waals surface area contributed by atoms with Crippen LogP contribution in [-0.4, -0.2) is 55.8 Å². The zero-order valence-electron chi connectivity index (χ0n) is 20.6. The summed E-state index contributed by atoms with van der Waals surface area (Å²) in [5, 5.41) is 0. The Morgan fingerprint density at radius 3 is 2.16 bits per heavy atom. The van der Waals surface area contributed by atoms with Gasteiger partial charge in [-0.2, -0.15) is 0 Å². The summed E-state index contributed by atoms with van der Waals surface area (Å²) in [6, 6.07) is 20.3. The van der Waals surface area contributed by atoms with Crippen LogP contribution in [0.5, 0.6) is 5.75 Å². The molecule has 6 nitrogen and oxygen atoms in total. The molecule has 0 saturated carbocycles. The number of carbonyl (C=O) groups excluding carboxylic acids is 2. The van der Waals surface area contributed by atoms with Crippen molar-refractivity contribution in [2.75, 3.05) is 26.9 Å². The van der Waals surface area contributed by atoms with E-state index in [4.69, 9.17) is 14.2 Å². The Morgan fingerprint density at radius 2 is 1.54 bits per heavy atom. The van der Waals surface area contributed by atoms with E-state index in [-0.39, 0.29) is 53.7 Å². The minimum absolute atomic E-state index is 0.0213. The molecule has 0 radical (unpaired) electrons. The summed E-state index contributed by atoms with van der Waals surface area (Å²) in [7, 11) is 1.36. The molecule has 2 unspecified atom stereocenters. The predicted molar refractivity (Wildman–Crippen MR) is 135 cm³/mol. The highest BCUT2D eigenvalue weighted by Crippen LogP contribution is 2.45. The highest BCUT2D eigenvalue weighted by molar-refractivity contribution is 6.00. The van der Waals surface area contributed by atoms with Crippen molar-refractivity contribution in [1.82, 2.24) is 4.90 Å². The molecule has 1 amide bonds. The minimum atomic E-state index is -0.562. The standard InChI is InChI=1S/C30H28FNO5/c1-35-29-25(11-6-12-27(29)31)28(33)18-13-19-15-36-16-20(14-18)32(19)30(34)37-17-26-23-9-4-2-7-21(23)22-8-3-5-10-24(22)26/h2-12,18-20,26H,13-17H2,1H3. The maximum atomic E-state index is 14.2. The third-order valence-corrected chi connectivity index (χ3v) is 7.87. The number of nitrogens with zero attached hydrogens (tertiary/aromatic N) is 1. The van der Waals surface area contributed by atoms with Crippen molar-refractivity contribution >= 4 is 11.9 Å². The van der Waals surface area contributed by atoms with Gasteiger partial charge in [0.2, 0.25) is 0 Å². The first-order valence-corrected chi connectivity index (χ1v) is 12.6. The Morgan fingerprint density at radius 1 is 0.919 bits per heavy atom. The Balaban J connectivity index is 1.17.